The molecule has 0 saturated heterocycles. The molecule has 0 spiro atoms. The molecule has 1 nitrogen and oxygen atoms in total. The zero-order chi connectivity index (χ0) is 12.5. The Labute approximate surface area is 104 Å². The minimum atomic E-state index is -4.30. The van der Waals surface area contributed by atoms with Crippen molar-refractivity contribution in [3.05, 3.63) is 52.8 Å². The summed E-state index contributed by atoms with van der Waals surface area (Å²) in [6.45, 7) is 0. The molecule has 88 valence electrons. The van der Waals surface area contributed by atoms with Gasteiger partial charge in [0.1, 0.15) is 0 Å². The number of aromatic nitrogens is 1. The summed E-state index contributed by atoms with van der Waals surface area (Å²) in [6.07, 6.45) is -1.09. The van der Waals surface area contributed by atoms with E-state index in [1.165, 1.54) is 12.1 Å². The van der Waals surface area contributed by atoms with E-state index >= 15 is 0 Å². The normalized spacial score (nSPS) is 11.5. The lowest BCUT2D eigenvalue weighted by Crippen LogP contribution is -2.04. The summed E-state index contributed by atoms with van der Waals surface area (Å²) >= 11 is 3.33. The van der Waals surface area contributed by atoms with Crippen LogP contribution in [0.5, 0.6) is 0 Å². The van der Waals surface area contributed by atoms with Crippen LogP contribution in [0.2, 0.25) is 0 Å². The Bertz CT molecular complexity index is 520. The third kappa shape index (κ3) is 2.66. The van der Waals surface area contributed by atoms with E-state index in [2.05, 4.69) is 20.9 Å². The molecule has 0 aliphatic rings. The van der Waals surface area contributed by atoms with Crippen LogP contribution in [0.25, 0.3) is 11.1 Å². The fraction of sp³-hybridized carbons (Fsp3) is 0.0833. The highest BCUT2D eigenvalue weighted by Gasteiger charge is 2.29. The van der Waals surface area contributed by atoms with Gasteiger partial charge in [0.05, 0.1) is 5.56 Å². The van der Waals surface area contributed by atoms with Gasteiger partial charge in [-0.25, -0.2) is 0 Å². The van der Waals surface area contributed by atoms with Gasteiger partial charge >= 0.3 is 6.18 Å². The number of halogens is 4. The predicted octanol–water partition coefficient (Wildman–Crippen LogP) is 4.53. The highest BCUT2D eigenvalue weighted by atomic mass is 79.9. The number of nitrogens with zero attached hydrogens (tertiary/aromatic N) is 1. The Morgan fingerprint density at radius 2 is 1.65 bits per heavy atom. The fourth-order valence-electron chi connectivity index (χ4n) is 1.43. The molecule has 1 aromatic heterocycles. The molecular weight excluding hydrogens is 295 g/mol. The average Bonchev–Trinajstić information content (AvgIpc) is 2.29. The van der Waals surface area contributed by atoms with Gasteiger partial charge < -0.3 is 0 Å². The van der Waals surface area contributed by atoms with Crippen molar-refractivity contribution in [1.82, 2.24) is 4.98 Å². The zero-order valence-electron chi connectivity index (χ0n) is 8.50. The highest BCUT2D eigenvalue weighted by molar-refractivity contribution is 9.10. The average molecular weight is 302 g/mol. The largest absolute Gasteiger partial charge is 0.416 e. The maximum Gasteiger partial charge on any atom is 0.416 e. The molecule has 0 amide bonds. The topological polar surface area (TPSA) is 12.9 Å². The number of hydrogen-bond acceptors (Lipinski definition) is 1. The van der Waals surface area contributed by atoms with Crippen LogP contribution in [0, 0.1) is 0 Å². The standard InChI is InChI=1S/C12H7BrF3N/c13-11-5-6-17-7-10(11)8-1-3-9(4-2-8)12(14,15)16/h1-7H. The van der Waals surface area contributed by atoms with Crippen molar-refractivity contribution < 1.29 is 13.2 Å². The second-order valence-corrected chi connectivity index (χ2v) is 4.28. The molecular formula is C12H7BrF3N. The first-order chi connectivity index (χ1) is 7.98. The van der Waals surface area contributed by atoms with Crippen LogP contribution in [0.4, 0.5) is 13.2 Å². The van der Waals surface area contributed by atoms with Gasteiger partial charge in [0, 0.05) is 22.4 Å². The van der Waals surface area contributed by atoms with Gasteiger partial charge in [-0.15, -0.1) is 0 Å². The first-order valence-corrected chi connectivity index (χ1v) is 5.55. The van der Waals surface area contributed by atoms with Crippen LogP contribution in [-0.4, -0.2) is 4.98 Å². The lowest BCUT2D eigenvalue weighted by Gasteiger charge is -2.08. The third-order valence-corrected chi connectivity index (χ3v) is 2.98. The quantitative estimate of drug-likeness (QED) is 0.754. The maximum absolute atomic E-state index is 12.4. The fourth-order valence-corrected chi connectivity index (χ4v) is 1.88. The molecule has 0 aliphatic carbocycles. The number of alkyl halides is 3. The molecule has 17 heavy (non-hydrogen) atoms. The first kappa shape index (κ1) is 12.1. The SMILES string of the molecule is FC(F)(F)c1ccc(-c2cnccc2Br)cc1. The van der Waals surface area contributed by atoms with E-state index in [0.29, 0.717) is 5.56 Å². The van der Waals surface area contributed by atoms with Gasteiger partial charge in [-0.2, -0.15) is 13.2 Å². The van der Waals surface area contributed by atoms with E-state index in [1.54, 1.807) is 18.5 Å². The lowest BCUT2D eigenvalue weighted by molar-refractivity contribution is -0.137. The van der Waals surface area contributed by atoms with Crippen molar-refractivity contribution in [2.24, 2.45) is 0 Å². The van der Waals surface area contributed by atoms with Crippen LogP contribution >= 0.6 is 15.9 Å². The third-order valence-electron chi connectivity index (χ3n) is 2.29. The van der Waals surface area contributed by atoms with E-state index in [4.69, 9.17) is 0 Å². The van der Waals surface area contributed by atoms with Gasteiger partial charge in [-0.3, -0.25) is 4.98 Å². The van der Waals surface area contributed by atoms with Crippen molar-refractivity contribution in [3.8, 4) is 11.1 Å². The number of pyridine rings is 1. The Hall–Kier alpha value is -1.36. The van der Waals surface area contributed by atoms with E-state index in [1.807, 2.05) is 0 Å². The Morgan fingerprint density at radius 1 is 1.00 bits per heavy atom. The van der Waals surface area contributed by atoms with Gasteiger partial charge in [0.15, 0.2) is 0 Å². The van der Waals surface area contributed by atoms with Crippen LogP contribution in [0.1, 0.15) is 5.56 Å². The summed E-state index contributed by atoms with van der Waals surface area (Å²) in [7, 11) is 0. The van der Waals surface area contributed by atoms with Gasteiger partial charge in [0.25, 0.3) is 0 Å². The molecule has 0 atom stereocenters. The van der Waals surface area contributed by atoms with Crippen molar-refractivity contribution in [2.75, 3.05) is 0 Å². The minimum Gasteiger partial charge on any atom is -0.264 e. The maximum atomic E-state index is 12.4. The Morgan fingerprint density at radius 3 is 2.18 bits per heavy atom. The molecule has 0 N–H and O–H groups in total. The molecule has 0 saturated carbocycles. The van der Waals surface area contributed by atoms with Gasteiger partial charge in [0.2, 0.25) is 0 Å². The molecule has 2 rings (SSSR count). The molecule has 0 bridgehead atoms. The Kier molecular flexibility index (Phi) is 3.19. The van der Waals surface area contributed by atoms with Crippen LogP contribution < -0.4 is 0 Å². The molecule has 1 aromatic carbocycles. The number of hydrogen-bond donors (Lipinski definition) is 0. The first-order valence-electron chi connectivity index (χ1n) is 4.75. The molecule has 2 aromatic rings. The van der Waals surface area contributed by atoms with E-state index in [0.717, 1.165) is 22.2 Å². The lowest BCUT2D eigenvalue weighted by atomic mass is 10.1. The van der Waals surface area contributed by atoms with Crippen LogP contribution in [-0.2, 0) is 6.18 Å². The summed E-state index contributed by atoms with van der Waals surface area (Å²) in [5.74, 6) is 0. The molecule has 0 aliphatic heterocycles. The minimum absolute atomic E-state index is 0.652. The van der Waals surface area contributed by atoms with Crippen LogP contribution in [0.15, 0.2) is 47.2 Å². The number of benzene rings is 1. The van der Waals surface area contributed by atoms with Crippen molar-refractivity contribution in [2.45, 2.75) is 6.18 Å². The second kappa shape index (κ2) is 4.49. The second-order valence-electron chi connectivity index (χ2n) is 3.43. The van der Waals surface area contributed by atoms with Gasteiger partial charge in [-0.1, -0.05) is 28.1 Å². The van der Waals surface area contributed by atoms with Crippen molar-refractivity contribution in [1.29, 1.82) is 0 Å². The molecule has 1 heterocycles. The van der Waals surface area contributed by atoms with Crippen molar-refractivity contribution >= 4 is 15.9 Å². The molecule has 0 radical (unpaired) electrons. The predicted molar refractivity (Wildman–Crippen MR) is 62.4 cm³/mol. The van der Waals surface area contributed by atoms with E-state index < -0.39 is 11.7 Å². The van der Waals surface area contributed by atoms with Crippen LogP contribution in [0.3, 0.4) is 0 Å². The van der Waals surface area contributed by atoms with E-state index in [9.17, 15) is 13.2 Å². The monoisotopic (exact) mass is 301 g/mol. The molecule has 0 fully saturated rings. The summed E-state index contributed by atoms with van der Waals surface area (Å²) in [6, 6.07) is 6.74. The van der Waals surface area contributed by atoms with E-state index in [-0.39, 0.29) is 0 Å². The smallest absolute Gasteiger partial charge is 0.264 e. The van der Waals surface area contributed by atoms with Crippen molar-refractivity contribution in [3.63, 3.8) is 0 Å². The molecule has 5 heteroatoms. The molecule has 0 unspecified atom stereocenters. The summed E-state index contributed by atoms with van der Waals surface area (Å²) in [5.41, 5.74) is 0.806. The van der Waals surface area contributed by atoms with Gasteiger partial charge in [-0.05, 0) is 23.8 Å². The Balaban J connectivity index is 2.40. The summed E-state index contributed by atoms with van der Waals surface area (Å²) < 4.78 is 37.9. The highest BCUT2D eigenvalue weighted by Crippen LogP contribution is 2.32. The summed E-state index contributed by atoms with van der Waals surface area (Å²) in [4.78, 5) is 3.94. The zero-order valence-corrected chi connectivity index (χ0v) is 10.1. The summed E-state index contributed by atoms with van der Waals surface area (Å²) in [5, 5.41) is 0. The number of rotatable bonds is 1.